The Bertz CT molecular complexity index is 725. The second-order valence-corrected chi connectivity index (χ2v) is 5.12. The maximum Gasteiger partial charge on any atom is 0.119 e. The molecular weight excluding hydrogens is 268 g/mol. The maximum absolute atomic E-state index is 5.83. The molecular formula is C21H18O. The molecule has 0 amide bonds. The van der Waals surface area contributed by atoms with E-state index in [1.54, 1.807) is 0 Å². The smallest absolute Gasteiger partial charge is 0.119 e. The highest BCUT2D eigenvalue weighted by Crippen LogP contribution is 2.22. The summed E-state index contributed by atoms with van der Waals surface area (Å²) in [5.41, 5.74) is 4.69. The van der Waals surface area contributed by atoms with E-state index < -0.39 is 0 Å². The lowest BCUT2D eigenvalue weighted by molar-refractivity contribution is 0.306. The SMILES string of the molecule is C=Cc1ccc(COc2ccc(-c3ccccc3)cc2)cc1. The zero-order valence-electron chi connectivity index (χ0n) is 12.4. The van der Waals surface area contributed by atoms with Crippen molar-refractivity contribution in [1.29, 1.82) is 0 Å². The van der Waals surface area contributed by atoms with Crippen LogP contribution in [0.25, 0.3) is 17.2 Å². The molecule has 0 fully saturated rings. The van der Waals surface area contributed by atoms with Crippen molar-refractivity contribution in [3.05, 3.63) is 96.6 Å². The lowest BCUT2D eigenvalue weighted by Gasteiger charge is -2.08. The molecule has 0 radical (unpaired) electrons. The third kappa shape index (κ3) is 3.44. The zero-order chi connectivity index (χ0) is 15.2. The summed E-state index contributed by atoms with van der Waals surface area (Å²) in [6.45, 7) is 4.33. The normalized spacial score (nSPS) is 10.2. The van der Waals surface area contributed by atoms with E-state index in [2.05, 4.69) is 43.0 Å². The van der Waals surface area contributed by atoms with Gasteiger partial charge in [0.25, 0.3) is 0 Å². The molecule has 0 aliphatic carbocycles. The predicted molar refractivity (Wildman–Crippen MR) is 92.7 cm³/mol. The van der Waals surface area contributed by atoms with Crippen LogP contribution in [0.1, 0.15) is 11.1 Å². The van der Waals surface area contributed by atoms with E-state index in [9.17, 15) is 0 Å². The highest BCUT2D eigenvalue weighted by atomic mass is 16.5. The van der Waals surface area contributed by atoms with E-state index in [1.165, 1.54) is 11.1 Å². The molecule has 3 aromatic carbocycles. The number of hydrogen-bond donors (Lipinski definition) is 0. The molecule has 0 N–H and O–H groups in total. The van der Waals surface area contributed by atoms with E-state index in [0.717, 1.165) is 16.9 Å². The Kier molecular flexibility index (Phi) is 4.35. The van der Waals surface area contributed by atoms with Crippen molar-refractivity contribution in [3.8, 4) is 16.9 Å². The molecule has 1 nitrogen and oxygen atoms in total. The van der Waals surface area contributed by atoms with Gasteiger partial charge in [0, 0.05) is 0 Å². The quantitative estimate of drug-likeness (QED) is 0.595. The standard InChI is InChI=1S/C21H18O/c1-2-17-8-10-18(11-9-17)16-22-21-14-12-20(13-15-21)19-6-4-3-5-7-19/h2-15H,1,16H2. The first-order valence-corrected chi connectivity index (χ1v) is 7.35. The van der Waals surface area contributed by atoms with Crippen LogP contribution in [-0.2, 0) is 6.61 Å². The summed E-state index contributed by atoms with van der Waals surface area (Å²) in [6, 6.07) is 26.8. The summed E-state index contributed by atoms with van der Waals surface area (Å²) < 4.78 is 5.83. The molecule has 22 heavy (non-hydrogen) atoms. The van der Waals surface area contributed by atoms with E-state index in [-0.39, 0.29) is 0 Å². The number of rotatable bonds is 5. The summed E-state index contributed by atoms with van der Waals surface area (Å²) in [4.78, 5) is 0. The van der Waals surface area contributed by atoms with Gasteiger partial charge in [0.15, 0.2) is 0 Å². The molecule has 0 unspecified atom stereocenters. The Balaban J connectivity index is 1.64. The highest BCUT2D eigenvalue weighted by molar-refractivity contribution is 5.63. The molecule has 0 spiro atoms. The van der Waals surface area contributed by atoms with Crippen LogP contribution in [-0.4, -0.2) is 0 Å². The fourth-order valence-corrected chi connectivity index (χ4v) is 2.29. The minimum absolute atomic E-state index is 0.572. The molecule has 0 heterocycles. The second kappa shape index (κ2) is 6.77. The van der Waals surface area contributed by atoms with Gasteiger partial charge in [0.2, 0.25) is 0 Å². The van der Waals surface area contributed by atoms with Gasteiger partial charge in [-0.2, -0.15) is 0 Å². The second-order valence-electron chi connectivity index (χ2n) is 5.12. The van der Waals surface area contributed by atoms with E-state index >= 15 is 0 Å². The summed E-state index contributed by atoms with van der Waals surface area (Å²) in [5.74, 6) is 0.882. The first-order chi connectivity index (χ1) is 10.8. The van der Waals surface area contributed by atoms with Crippen molar-refractivity contribution in [2.24, 2.45) is 0 Å². The topological polar surface area (TPSA) is 9.23 Å². The lowest BCUT2D eigenvalue weighted by atomic mass is 10.1. The summed E-state index contributed by atoms with van der Waals surface area (Å²) in [6.07, 6.45) is 1.84. The summed E-state index contributed by atoms with van der Waals surface area (Å²) in [5, 5.41) is 0. The molecule has 1 heteroatoms. The van der Waals surface area contributed by atoms with Gasteiger partial charge in [-0.1, -0.05) is 79.4 Å². The van der Waals surface area contributed by atoms with Crippen molar-refractivity contribution < 1.29 is 4.74 Å². The first-order valence-electron chi connectivity index (χ1n) is 7.35. The van der Waals surface area contributed by atoms with E-state index in [0.29, 0.717) is 6.61 Å². The van der Waals surface area contributed by atoms with Crippen LogP contribution in [0.4, 0.5) is 0 Å². The third-order valence-corrected chi connectivity index (χ3v) is 3.58. The average Bonchev–Trinajstić information content (AvgIpc) is 2.61. The monoisotopic (exact) mass is 286 g/mol. The van der Waals surface area contributed by atoms with Crippen LogP contribution in [0.2, 0.25) is 0 Å². The predicted octanol–water partition coefficient (Wildman–Crippen LogP) is 5.58. The molecule has 0 saturated heterocycles. The average molecular weight is 286 g/mol. The van der Waals surface area contributed by atoms with Crippen molar-refractivity contribution >= 4 is 6.08 Å². The Hall–Kier alpha value is -2.80. The molecule has 3 rings (SSSR count). The molecule has 0 bridgehead atoms. The van der Waals surface area contributed by atoms with Gasteiger partial charge in [-0.25, -0.2) is 0 Å². The molecule has 0 aliphatic rings. The highest BCUT2D eigenvalue weighted by Gasteiger charge is 1.99. The first kappa shape index (κ1) is 14.2. The fraction of sp³-hybridized carbons (Fsp3) is 0.0476. The molecule has 0 atom stereocenters. The van der Waals surface area contributed by atoms with Gasteiger partial charge in [-0.3, -0.25) is 0 Å². The minimum Gasteiger partial charge on any atom is -0.489 e. The van der Waals surface area contributed by atoms with Crippen LogP contribution in [0, 0.1) is 0 Å². The van der Waals surface area contributed by atoms with Crippen molar-refractivity contribution in [2.45, 2.75) is 6.61 Å². The van der Waals surface area contributed by atoms with Gasteiger partial charge in [0.1, 0.15) is 12.4 Å². The molecule has 0 aliphatic heterocycles. The minimum atomic E-state index is 0.572. The molecule has 0 saturated carbocycles. The van der Waals surface area contributed by atoms with Gasteiger partial charge >= 0.3 is 0 Å². The summed E-state index contributed by atoms with van der Waals surface area (Å²) >= 11 is 0. The largest absolute Gasteiger partial charge is 0.489 e. The lowest BCUT2D eigenvalue weighted by Crippen LogP contribution is -1.95. The van der Waals surface area contributed by atoms with Crippen molar-refractivity contribution in [2.75, 3.05) is 0 Å². The van der Waals surface area contributed by atoms with Crippen LogP contribution in [0.5, 0.6) is 5.75 Å². The van der Waals surface area contributed by atoms with Crippen LogP contribution >= 0.6 is 0 Å². The van der Waals surface area contributed by atoms with Gasteiger partial charge < -0.3 is 4.74 Å². The Morgan fingerprint density at radius 2 is 1.36 bits per heavy atom. The van der Waals surface area contributed by atoms with Crippen LogP contribution < -0.4 is 4.74 Å². The zero-order valence-corrected chi connectivity index (χ0v) is 12.4. The van der Waals surface area contributed by atoms with E-state index in [1.807, 2.05) is 48.5 Å². The third-order valence-electron chi connectivity index (χ3n) is 3.58. The Morgan fingerprint density at radius 3 is 2.00 bits per heavy atom. The van der Waals surface area contributed by atoms with Gasteiger partial charge in [-0.15, -0.1) is 0 Å². The van der Waals surface area contributed by atoms with Crippen LogP contribution in [0.3, 0.4) is 0 Å². The molecule has 3 aromatic rings. The van der Waals surface area contributed by atoms with Crippen LogP contribution in [0.15, 0.2) is 85.4 Å². The number of ether oxygens (including phenoxy) is 1. The van der Waals surface area contributed by atoms with Gasteiger partial charge in [-0.05, 0) is 34.4 Å². The number of hydrogen-bond acceptors (Lipinski definition) is 1. The molecule has 108 valence electrons. The summed E-state index contributed by atoms with van der Waals surface area (Å²) in [7, 11) is 0. The van der Waals surface area contributed by atoms with Gasteiger partial charge in [0.05, 0.1) is 0 Å². The molecule has 0 aromatic heterocycles. The van der Waals surface area contributed by atoms with E-state index in [4.69, 9.17) is 4.74 Å². The van der Waals surface area contributed by atoms with Crippen molar-refractivity contribution in [3.63, 3.8) is 0 Å². The maximum atomic E-state index is 5.83. The fourth-order valence-electron chi connectivity index (χ4n) is 2.29. The number of benzene rings is 3. The Morgan fingerprint density at radius 1 is 0.727 bits per heavy atom. The van der Waals surface area contributed by atoms with Crippen molar-refractivity contribution in [1.82, 2.24) is 0 Å². The Labute approximate surface area is 131 Å².